The van der Waals surface area contributed by atoms with E-state index >= 15 is 0 Å². The van der Waals surface area contributed by atoms with E-state index in [1.54, 1.807) is 6.92 Å². The molecule has 1 atom stereocenters. The Balaban J connectivity index is 2.10. The summed E-state index contributed by atoms with van der Waals surface area (Å²) in [7, 11) is 0. The van der Waals surface area contributed by atoms with Gasteiger partial charge in [-0.3, -0.25) is 4.79 Å². The fourth-order valence-electron chi connectivity index (χ4n) is 1.87. The van der Waals surface area contributed by atoms with Gasteiger partial charge in [0.05, 0.1) is 16.5 Å². The zero-order valence-electron chi connectivity index (χ0n) is 12.0. The van der Waals surface area contributed by atoms with Crippen molar-refractivity contribution in [3.05, 3.63) is 58.6 Å². The smallest absolute Gasteiger partial charge is 0.325 e. The van der Waals surface area contributed by atoms with Crippen LogP contribution in [0.4, 0.5) is 18.9 Å². The predicted octanol–water partition coefficient (Wildman–Crippen LogP) is 5.59. The van der Waals surface area contributed by atoms with Gasteiger partial charge in [-0.05, 0) is 37.3 Å². The third-order valence-electron chi connectivity index (χ3n) is 2.97. The molecule has 0 aliphatic carbocycles. The van der Waals surface area contributed by atoms with Crippen LogP contribution in [0.2, 0.25) is 0 Å². The maximum Gasteiger partial charge on any atom is 0.418 e. The lowest BCUT2D eigenvalue weighted by molar-refractivity contribution is -0.137. The van der Waals surface area contributed by atoms with E-state index in [9.17, 15) is 18.0 Å². The van der Waals surface area contributed by atoms with Crippen LogP contribution >= 0.6 is 27.7 Å². The van der Waals surface area contributed by atoms with E-state index in [2.05, 4.69) is 21.2 Å². The molecule has 0 radical (unpaired) electrons. The van der Waals surface area contributed by atoms with Crippen molar-refractivity contribution in [2.75, 3.05) is 5.32 Å². The number of carbonyl (C=O) groups excluding carboxylic acids is 1. The van der Waals surface area contributed by atoms with Crippen molar-refractivity contribution in [1.29, 1.82) is 0 Å². The molecule has 0 fully saturated rings. The maximum atomic E-state index is 12.9. The van der Waals surface area contributed by atoms with Crippen LogP contribution in [-0.2, 0) is 11.0 Å². The van der Waals surface area contributed by atoms with Crippen molar-refractivity contribution < 1.29 is 18.0 Å². The summed E-state index contributed by atoms with van der Waals surface area (Å²) in [5, 5.41) is 1.82. The van der Waals surface area contributed by atoms with Crippen LogP contribution in [0.1, 0.15) is 12.5 Å². The molecule has 0 saturated carbocycles. The highest BCUT2D eigenvalue weighted by molar-refractivity contribution is 9.10. The zero-order chi connectivity index (χ0) is 17.0. The summed E-state index contributed by atoms with van der Waals surface area (Å²) < 4.78 is 39.7. The SMILES string of the molecule is CC(Sc1cccc(Br)c1)C(=O)Nc1ccccc1C(F)(F)F. The highest BCUT2D eigenvalue weighted by Crippen LogP contribution is 2.35. The molecule has 0 heterocycles. The van der Waals surface area contributed by atoms with E-state index < -0.39 is 22.9 Å². The van der Waals surface area contributed by atoms with Crippen molar-refractivity contribution in [3.63, 3.8) is 0 Å². The third kappa shape index (κ3) is 5.00. The molecule has 2 nitrogen and oxygen atoms in total. The normalized spacial score (nSPS) is 12.7. The number of rotatable bonds is 4. The maximum absolute atomic E-state index is 12.9. The number of amides is 1. The Morgan fingerprint density at radius 2 is 1.87 bits per heavy atom. The number of benzene rings is 2. The summed E-state index contributed by atoms with van der Waals surface area (Å²) in [6.07, 6.45) is -4.51. The fourth-order valence-corrected chi connectivity index (χ4v) is 3.35. The fraction of sp³-hybridized carbons (Fsp3) is 0.188. The molecule has 1 N–H and O–H groups in total. The van der Waals surface area contributed by atoms with Crippen molar-refractivity contribution in [2.24, 2.45) is 0 Å². The van der Waals surface area contributed by atoms with Gasteiger partial charge in [-0.25, -0.2) is 0 Å². The second kappa shape index (κ2) is 7.40. The van der Waals surface area contributed by atoms with Crippen LogP contribution in [-0.4, -0.2) is 11.2 Å². The molecule has 0 aliphatic heterocycles. The Bertz CT molecular complexity index is 706. The minimum Gasteiger partial charge on any atom is -0.325 e. The topological polar surface area (TPSA) is 29.1 Å². The van der Waals surface area contributed by atoms with Gasteiger partial charge in [0.2, 0.25) is 5.91 Å². The molecule has 2 aromatic carbocycles. The second-order valence-electron chi connectivity index (χ2n) is 4.75. The molecule has 122 valence electrons. The number of alkyl halides is 3. The van der Waals surface area contributed by atoms with Crippen molar-refractivity contribution in [2.45, 2.75) is 23.2 Å². The Morgan fingerprint density at radius 1 is 1.17 bits per heavy atom. The van der Waals surface area contributed by atoms with Crippen molar-refractivity contribution >= 4 is 39.3 Å². The molecule has 7 heteroatoms. The molecule has 0 saturated heterocycles. The second-order valence-corrected chi connectivity index (χ2v) is 7.08. The monoisotopic (exact) mass is 403 g/mol. The lowest BCUT2D eigenvalue weighted by atomic mass is 10.1. The van der Waals surface area contributed by atoms with Crippen LogP contribution in [0.25, 0.3) is 0 Å². The van der Waals surface area contributed by atoms with Gasteiger partial charge in [0.25, 0.3) is 0 Å². The standard InChI is InChI=1S/C16H13BrF3NOS/c1-10(23-12-6-4-5-11(17)9-12)15(22)21-14-8-3-2-7-13(14)16(18,19)20/h2-10H,1H3,(H,21,22). The van der Waals surface area contributed by atoms with Crippen LogP contribution in [0.15, 0.2) is 57.9 Å². The minimum atomic E-state index is -4.51. The minimum absolute atomic E-state index is 0.230. The molecule has 2 aromatic rings. The molecule has 0 bridgehead atoms. The van der Waals surface area contributed by atoms with E-state index in [0.717, 1.165) is 15.4 Å². The Morgan fingerprint density at radius 3 is 2.52 bits per heavy atom. The number of anilines is 1. The molecule has 1 amide bonds. The molecule has 0 aliphatic rings. The lowest BCUT2D eigenvalue weighted by Crippen LogP contribution is -2.24. The summed E-state index contributed by atoms with van der Waals surface area (Å²) in [5.41, 5.74) is -1.08. The summed E-state index contributed by atoms with van der Waals surface area (Å²) >= 11 is 4.61. The highest BCUT2D eigenvalue weighted by Gasteiger charge is 2.33. The van der Waals surface area contributed by atoms with Gasteiger partial charge in [-0.1, -0.05) is 34.1 Å². The van der Waals surface area contributed by atoms with Gasteiger partial charge in [-0.2, -0.15) is 13.2 Å². The number of nitrogens with one attached hydrogen (secondary N) is 1. The highest BCUT2D eigenvalue weighted by atomic mass is 79.9. The van der Waals surface area contributed by atoms with E-state index in [1.807, 2.05) is 24.3 Å². The van der Waals surface area contributed by atoms with Crippen molar-refractivity contribution in [1.82, 2.24) is 0 Å². The van der Waals surface area contributed by atoms with Crippen LogP contribution < -0.4 is 5.32 Å². The molecular weight excluding hydrogens is 391 g/mol. The number of halogens is 4. The first-order valence-corrected chi connectivity index (χ1v) is 8.34. The quantitative estimate of drug-likeness (QED) is 0.674. The third-order valence-corrected chi connectivity index (χ3v) is 4.56. The van der Waals surface area contributed by atoms with Gasteiger partial charge in [0.15, 0.2) is 0 Å². The van der Waals surface area contributed by atoms with E-state index in [0.29, 0.717) is 0 Å². The van der Waals surface area contributed by atoms with E-state index in [4.69, 9.17) is 0 Å². The number of para-hydroxylation sites is 1. The van der Waals surface area contributed by atoms with E-state index in [1.165, 1.54) is 30.0 Å². The Kier molecular flexibility index (Phi) is 5.75. The first-order valence-electron chi connectivity index (χ1n) is 6.66. The molecule has 23 heavy (non-hydrogen) atoms. The predicted molar refractivity (Wildman–Crippen MR) is 89.5 cm³/mol. The van der Waals surface area contributed by atoms with Gasteiger partial charge in [0, 0.05) is 9.37 Å². The van der Waals surface area contributed by atoms with Crippen LogP contribution in [0.5, 0.6) is 0 Å². The van der Waals surface area contributed by atoms with Gasteiger partial charge >= 0.3 is 6.18 Å². The van der Waals surface area contributed by atoms with Gasteiger partial charge in [0.1, 0.15) is 0 Å². The van der Waals surface area contributed by atoms with Gasteiger partial charge in [-0.15, -0.1) is 11.8 Å². The molecule has 0 aromatic heterocycles. The van der Waals surface area contributed by atoms with Crippen LogP contribution in [0.3, 0.4) is 0 Å². The van der Waals surface area contributed by atoms with E-state index in [-0.39, 0.29) is 5.69 Å². The molecule has 0 spiro atoms. The molecular formula is C16H13BrF3NOS. The lowest BCUT2D eigenvalue weighted by Gasteiger charge is -2.16. The Hall–Kier alpha value is -1.47. The zero-order valence-corrected chi connectivity index (χ0v) is 14.4. The first-order chi connectivity index (χ1) is 10.8. The molecule has 1 unspecified atom stereocenters. The van der Waals surface area contributed by atoms with Gasteiger partial charge < -0.3 is 5.32 Å². The largest absolute Gasteiger partial charge is 0.418 e. The number of thioether (sulfide) groups is 1. The summed E-state index contributed by atoms with van der Waals surface area (Å²) in [6, 6.07) is 12.3. The summed E-state index contributed by atoms with van der Waals surface area (Å²) in [6.45, 7) is 1.65. The summed E-state index contributed by atoms with van der Waals surface area (Å²) in [4.78, 5) is 13.0. The number of hydrogen-bond acceptors (Lipinski definition) is 2. The van der Waals surface area contributed by atoms with Crippen LogP contribution in [0, 0.1) is 0 Å². The Labute approximate surface area is 144 Å². The average Bonchev–Trinajstić information content (AvgIpc) is 2.46. The van der Waals surface area contributed by atoms with Crippen molar-refractivity contribution in [3.8, 4) is 0 Å². The number of carbonyl (C=O) groups is 1. The number of hydrogen-bond donors (Lipinski definition) is 1. The average molecular weight is 404 g/mol. The first kappa shape index (κ1) is 17.9. The summed E-state index contributed by atoms with van der Waals surface area (Å²) in [5.74, 6) is -0.480. The molecule has 2 rings (SSSR count).